The Morgan fingerprint density at radius 2 is 1.53 bits per heavy atom. The molecule has 4 aromatic carbocycles. The molecule has 0 fully saturated rings. The second kappa shape index (κ2) is 18.4. The van der Waals surface area contributed by atoms with Crippen molar-refractivity contribution in [3.05, 3.63) is 156 Å². The van der Waals surface area contributed by atoms with Crippen molar-refractivity contribution in [3.63, 3.8) is 0 Å². The van der Waals surface area contributed by atoms with Crippen molar-refractivity contribution in [1.82, 2.24) is 10.6 Å². The van der Waals surface area contributed by atoms with Crippen molar-refractivity contribution in [2.75, 3.05) is 12.3 Å². The van der Waals surface area contributed by atoms with Crippen LogP contribution in [0.2, 0.25) is 0 Å². The van der Waals surface area contributed by atoms with Gasteiger partial charge >= 0.3 is 42.8 Å². The number of nitrogens with one attached hydrogen (secondary N) is 2. The fourth-order valence-corrected chi connectivity index (χ4v) is 6.04. The molecule has 0 radical (unpaired) electrons. The molecular weight excluding hydrogens is 851 g/mol. The van der Waals surface area contributed by atoms with E-state index in [1.165, 1.54) is 22.3 Å². The zero-order valence-electron chi connectivity index (χ0n) is 29.1. The number of hydrogen-bond acceptors (Lipinski definition) is 3. The number of hydrogen-bond donors (Lipinski definition) is 2. The van der Waals surface area contributed by atoms with Gasteiger partial charge in [0.2, 0.25) is 11.7 Å². The Morgan fingerprint density at radius 3 is 2.10 bits per heavy atom. The maximum Gasteiger partial charge on any atom is 2.00 e. The van der Waals surface area contributed by atoms with Crippen LogP contribution in [0.4, 0.5) is 0 Å². The Labute approximate surface area is 320 Å². The predicted molar refractivity (Wildman–Crippen MR) is 199 cm³/mol. The molecule has 0 saturated carbocycles. The van der Waals surface area contributed by atoms with Gasteiger partial charge in [0, 0.05) is 15.5 Å². The summed E-state index contributed by atoms with van der Waals surface area (Å²) in [5.74, 6) is -0.386. The number of allylic oxidation sites excluding steroid dienone is 4. The van der Waals surface area contributed by atoms with Gasteiger partial charge < -0.3 is 18.1 Å². The fraction of sp³-hybridized carbons (Fsp3) is 0.262. The Morgan fingerprint density at radius 1 is 0.878 bits per heavy atom. The Hall–Kier alpha value is -3.63. The topological polar surface area (TPSA) is 75.3 Å². The van der Waals surface area contributed by atoms with Crippen molar-refractivity contribution in [1.29, 1.82) is 0 Å². The van der Waals surface area contributed by atoms with Gasteiger partial charge in [0.1, 0.15) is 0 Å². The molecular formula is C42H45N2O3SU+. The normalized spacial score (nSPS) is 13.1. The molecule has 0 spiro atoms. The Kier molecular flexibility index (Phi) is 14.9. The number of aryl methyl sites for hydroxylation is 1. The average molecular weight is 896 g/mol. The third kappa shape index (κ3) is 10.7. The van der Waals surface area contributed by atoms with Gasteiger partial charge in [-0.1, -0.05) is 100 Å². The van der Waals surface area contributed by atoms with Crippen LogP contribution < -0.4 is 10.6 Å². The Bertz CT molecular complexity index is 1790. The van der Waals surface area contributed by atoms with Crippen LogP contribution in [-0.4, -0.2) is 24.1 Å². The number of benzene rings is 4. The summed E-state index contributed by atoms with van der Waals surface area (Å²) >= 11 is 0.450. The van der Waals surface area contributed by atoms with Gasteiger partial charge in [0.05, 0.1) is 12.5 Å². The summed E-state index contributed by atoms with van der Waals surface area (Å²) < 4.78 is 10.6. The number of carbonyl (C=O) groups excluding carboxylic acids is 2. The van der Waals surface area contributed by atoms with Gasteiger partial charge in [-0.25, -0.2) is 0 Å². The molecule has 0 aromatic heterocycles. The zero-order valence-corrected chi connectivity index (χ0v) is 34.0. The van der Waals surface area contributed by atoms with Crippen LogP contribution in [0.3, 0.4) is 0 Å². The first-order chi connectivity index (χ1) is 22.6. The standard InChI is InChI=1S/C41H42N2O3S.CH3.U/c1-28-7-5-6-8-37(28)32-19-23-36(24-20-32)43-40(45)38(27-29-9-11-34(12-10-29)39(44)42-25-26-47-46)33-15-13-30(14-16-33)31-17-21-35(22-18-31)41(2,3)4;;/h6-19,21-23,38H,20,24-27H2,1-4H3,(H,42,44)(H,43,45);1H3;/q;-1;+2/t38-;;/m1../s1. The van der Waals surface area contributed by atoms with Crippen molar-refractivity contribution in [2.24, 2.45) is 0 Å². The first kappa shape index (κ1) is 39.8. The van der Waals surface area contributed by atoms with Gasteiger partial charge in [-0.15, -0.1) is 5.56 Å². The van der Waals surface area contributed by atoms with Crippen LogP contribution in [0.5, 0.6) is 0 Å². The molecule has 2 amide bonds. The van der Waals surface area contributed by atoms with E-state index in [9.17, 15) is 13.8 Å². The number of carbonyl (C=O) groups is 2. The van der Waals surface area contributed by atoms with Gasteiger partial charge in [-0.2, -0.15) is 29.8 Å². The minimum Gasteiger partial charge on any atom is -0.358 e. The van der Waals surface area contributed by atoms with Crippen LogP contribution in [-0.2, 0) is 32.5 Å². The molecule has 1 aliphatic rings. The summed E-state index contributed by atoms with van der Waals surface area (Å²) in [6.45, 7) is 9.05. The summed E-state index contributed by atoms with van der Waals surface area (Å²) in [5, 5.41) is 5.99. The second-order valence-corrected chi connectivity index (χ2v) is 13.7. The minimum atomic E-state index is -0.431. The van der Waals surface area contributed by atoms with Crippen molar-refractivity contribution < 1.29 is 44.9 Å². The maximum atomic E-state index is 14.0. The van der Waals surface area contributed by atoms with Crippen molar-refractivity contribution >= 4 is 29.1 Å². The van der Waals surface area contributed by atoms with Crippen molar-refractivity contribution in [3.8, 4) is 11.1 Å². The van der Waals surface area contributed by atoms with E-state index in [0.717, 1.165) is 40.8 Å². The molecule has 250 valence electrons. The van der Waals surface area contributed by atoms with E-state index >= 15 is 0 Å². The van der Waals surface area contributed by atoms with E-state index in [1.807, 2.05) is 30.3 Å². The third-order valence-electron chi connectivity index (χ3n) is 8.69. The Balaban J connectivity index is 0.00000325. The van der Waals surface area contributed by atoms with Gasteiger partial charge in [-0.3, -0.25) is 9.59 Å². The number of rotatable bonds is 11. The average Bonchev–Trinajstić information content (AvgIpc) is 3.08. The van der Waals surface area contributed by atoms with E-state index < -0.39 is 5.92 Å². The first-order valence-electron chi connectivity index (χ1n) is 16.1. The summed E-state index contributed by atoms with van der Waals surface area (Å²) in [7, 11) is 0. The van der Waals surface area contributed by atoms with E-state index in [0.29, 0.717) is 35.9 Å². The van der Waals surface area contributed by atoms with Crippen LogP contribution in [0.1, 0.15) is 77.7 Å². The second-order valence-electron chi connectivity index (χ2n) is 13.1. The molecule has 0 unspecified atom stereocenters. The summed E-state index contributed by atoms with van der Waals surface area (Å²) in [4.78, 5) is 26.4. The molecule has 4 aromatic rings. The van der Waals surface area contributed by atoms with E-state index in [1.54, 1.807) is 12.1 Å². The molecule has 5 nitrogen and oxygen atoms in total. The SMILES string of the molecule is Cc1c[c-]ccc1C1=CC=C(NC(=O)[C@H](Cc2ccc(C(=O)NCC[S+]=O)cc2)c2ccc(-c3ccc(C(C)(C)C)cc3)cc2)CC1.[CH3-].[U+2]. The molecule has 5 rings (SSSR count). The van der Waals surface area contributed by atoms with E-state index in [-0.39, 0.29) is 55.8 Å². The molecule has 1 atom stereocenters. The molecule has 0 saturated heterocycles. The van der Waals surface area contributed by atoms with Gasteiger partial charge in [0.25, 0.3) is 5.91 Å². The molecule has 7 heteroatoms. The summed E-state index contributed by atoms with van der Waals surface area (Å²) in [6, 6.07) is 33.5. The monoisotopic (exact) mass is 895 g/mol. The number of amides is 2. The zero-order chi connectivity index (χ0) is 33.4. The molecule has 0 heterocycles. The molecule has 0 bridgehead atoms. The third-order valence-corrected chi connectivity index (χ3v) is 9.06. The smallest absolute Gasteiger partial charge is 0.358 e. The van der Waals surface area contributed by atoms with Gasteiger partial charge in [-0.05, 0) is 70.7 Å². The molecule has 1 aliphatic carbocycles. The minimum absolute atomic E-state index is 0. The fourth-order valence-electron chi connectivity index (χ4n) is 5.85. The predicted octanol–water partition coefficient (Wildman–Crippen LogP) is 8.57. The van der Waals surface area contributed by atoms with Crippen LogP contribution in [0.25, 0.3) is 16.7 Å². The van der Waals surface area contributed by atoms with Crippen LogP contribution in [0, 0.1) is 51.5 Å². The van der Waals surface area contributed by atoms with E-state index in [2.05, 4.69) is 105 Å². The first-order valence-corrected chi connectivity index (χ1v) is 17.0. The molecule has 49 heavy (non-hydrogen) atoms. The summed E-state index contributed by atoms with van der Waals surface area (Å²) in [5.41, 5.74) is 10.6. The van der Waals surface area contributed by atoms with Gasteiger partial charge in [0.15, 0.2) is 0 Å². The largest absolute Gasteiger partial charge is 2.00 e. The molecule has 0 aliphatic heterocycles. The van der Waals surface area contributed by atoms with Crippen molar-refractivity contribution in [2.45, 2.75) is 58.3 Å². The summed E-state index contributed by atoms with van der Waals surface area (Å²) in [6.07, 6.45) is 6.21. The molecule has 2 N–H and O–H groups in total. The van der Waals surface area contributed by atoms with Crippen LogP contribution >= 0.6 is 0 Å². The van der Waals surface area contributed by atoms with Crippen LogP contribution in [0.15, 0.2) is 109 Å². The maximum absolute atomic E-state index is 14.0. The van der Waals surface area contributed by atoms with E-state index in [4.69, 9.17) is 0 Å². The quantitative estimate of drug-likeness (QED) is 0.0901.